The number of aromatic nitrogens is 3. The molecule has 0 radical (unpaired) electrons. The Bertz CT molecular complexity index is 1520. The van der Waals surface area contributed by atoms with Crippen molar-refractivity contribution in [2.75, 3.05) is 5.32 Å². The molecule has 1 aliphatic heterocycles. The molecule has 6 heteroatoms. The third-order valence-corrected chi connectivity index (χ3v) is 6.07. The monoisotopic (exact) mass is 410 g/mol. The number of aromatic amines is 3. The van der Waals surface area contributed by atoms with Gasteiger partial charge in [-0.05, 0) is 48.5 Å². The Kier molecular flexibility index (Phi) is 3.55. The molecule has 1 atom stereocenters. The van der Waals surface area contributed by atoms with Gasteiger partial charge in [0.25, 0.3) is 0 Å². The second-order valence-electron chi connectivity index (χ2n) is 7.82. The third-order valence-electron chi connectivity index (χ3n) is 5.86. The number of fused-ring (bicyclic) bond motifs is 3. The van der Waals surface area contributed by atoms with E-state index in [0.717, 1.165) is 55.6 Å². The maximum absolute atomic E-state index is 13.2. The molecule has 6 rings (SSSR count). The molecule has 3 heterocycles. The summed E-state index contributed by atoms with van der Waals surface area (Å²) in [6.45, 7) is 2.05. The zero-order valence-corrected chi connectivity index (χ0v) is 17.0. The van der Waals surface area contributed by atoms with Crippen LogP contribution >= 0.6 is 12.2 Å². The molecule has 1 unspecified atom stereocenters. The van der Waals surface area contributed by atoms with Gasteiger partial charge < -0.3 is 20.3 Å². The molecule has 1 aliphatic rings. The molecule has 1 amide bonds. The number of anilines is 1. The first-order valence-electron chi connectivity index (χ1n) is 9.83. The molecule has 5 aromatic rings. The van der Waals surface area contributed by atoms with Gasteiger partial charge in [-0.1, -0.05) is 48.0 Å². The fraction of sp³-hybridized carbons (Fsp3) is 0.0833. The summed E-state index contributed by atoms with van der Waals surface area (Å²) in [4.78, 5) is 23.1. The third kappa shape index (κ3) is 2.47. The number of hydrogen-bond donors (Lipinski definition) is 4. The van der Waals surface area contributed by atoms with Crippen molar-refractivity contribution in [3.8, 4) is 11.3 Å². The van der Waals surface area contributed by atoms with Crippen LogP contribution in [0.25, 0.3) is 33.2 Å². The first-order chi connectivity index (χ1) is 14.6. The number of amides is 1. The molecule has 5 nitrogen and oxygen atoms in total. The van der Waals surface area contributed by atoms with Crippen LogP contribution in [0.3, 0.4) is 0 Å². The van der Waals surface area contributed by atoms with Crippen LogP contribution in [0.2, 0.25) is 0 Å². The average molecular weight is 411 g/mol. The maximum Gasteiger partial charge on any atom is 0.236 e. The minimum Gasteiger partial charge on any atom is -0.354 e. The molecule has 0 bridgehead atoms. The van der Waals surface area contributed by atoms with Gasteiger partial charge >= 0.3 is 0 Å². The summed E-state index contributed by atoms with van der Waals surface area (Å²) < 4.78 is 0.585. The fourth-order valence-electron chi connectivity index (χ4n) is 4.55. The highest BCUT2D eigenvalue weighted by Gasteiger charge is 2.36. The van der Waals surface area contributed by atoms with Crippen LogP contribution in [0.1, 0.15) is 22.6 Å². The van der Waals surface area contributed by atoms with Gasteiger partial charge in [-0.15, -0.1) is 0 Å². The number of carbonyl (C=O) groups excluding carboxylic acids is 1. The molecule has 0 saturated carbocycles. The van der Waals surface area contributed by atoms with Gasteiger partial charge in [-0.3, -0.25) is 4.79 Å². The van der Waals surface area contributed by atoms with Gasteiger partial charge in [0.05, 0.1) is 22.6 Å². The highest BCUT2D eigenvalue weighted by atomic mass is 32.1. The number of H-pyrrole nitrogens is 3. The van der Waals surface area contributed by atoms with Crippen molar-refractivity contribution in [1.29, 1.82) is 0 Å². The van der Waals surface area contributed by atoms with Gasteiger partial charge in [-0.2, -0.15) is 0 Å². The van der Waals surface area contributed by atoms with Crippen LogP contribution in [0.5, 0.6) is 0 Å². The standard InChI is InChI=1S/C24H18N4OS/c1-12-7-8-16-14(9-12)21(23(29)26-16)20-15-10-18-19(28-24(30)27-18)11-17(15)25-22(20)13-5-3-2-4-6-13/h2-11,21,25H,1H3,(H,26,29)(H2,27,28,30). The summed E-state index contributed by atoms with van der Waals surface area (Å²) in [5, 5.41) is 4.08. The van der Waals surface area contributed by atoms with Gasteiger partial charge in [0.1, 0.15) is 0 Å². The lowest BCUT2D eigenvalue weighted by molar-refractivity contribution is -0.116. The van der Waals surface area contributed by atoms with Crippen molar-refractivity contribution < 1.29 is 4.79 Å². The molecule has 0 saturated heterocycles. The molecule has 0 spiro atoms. The number of nitrogens with one attached hydrogen (secondary N) is 4. The maximum atomic E-state index is 13.2. The molecular formula is C24H18N4OS. The Labute approximate surface area is 177 Å². The largest absolute Gasteiger partial charge is 0.354 e. The minimum atomic E-state index is -0.386. The molecule has 0 fully saturated rings. The molecule has 30 heavy (non-hydrogen) atoms. The number of aryl methyl sites for hydroxylation is 1. The van der Waals surface area contributed by atoms with E-state index in [4.69, 9.17) is 12.2 Å². The summed E-state index contributed by atoms with van der Waals surface area (Å²) in [6, 6.07) is 20.4. The minimum absolute atomic E-state index is 0.00390. The summed E-state index contributed by atoms with van der Waals surface area (Å²) in [6.07, 6.45) is 0. The van der Waals surface area contributed by atoms with Crippen LogP contribution in [0.15, 0.2) is 60.7 Å². The number of rotatable bonds is 2. The first kappa shape index (κ1) is 17.2. The Morgan fingerprint density at radius 2 is 1.63 bits per heavy atom. The SMILES string of the molecule is Cc1ccc2c(c1)C(c1c(-c3ccccc3)[nH]c3cc4[nH]c(=S)[nH]c4cc13)C(=O)N2. The summed E-state index contributed by atoms with van der Waals surface area (Å²) in [7, 11) is 0. The van der Waals surface area contributed by atoms with E-state index >= 15 is 0 Å². The smallest absolute Gasteiger partial charge is 0.236 e. The highest BCUT2D eigenvalue weighted by Crippen LogP contribution is 2.45. The van der Waals surface area contributed by atoms with Crippen LogP contribution in [-0.2, 0) is 4.79 Å². The first-order valence-corrected chi connectivity index (χ1v) is 10.2. The topological polar surface area (TPSA) is 76.5 Å². The van der Waals surface area contributed by atoms with Gasteiger partial charge in [0, 0.05) is 22.2 Å². The zero-order chi connectivity index (χ0) is 20.4. The Balaban J connectivity index is 1.71. The van der Waals surface area contributed by atoms with E-state index in [1.54, 1.807) is 0 Å². The van der Waals surface area contributed by atoms with Crippen LogP contribution in [0.4, 0.5) is 5.69 Å². The van der Waals surface area contributed by atoms with Crippen molar-refractivity contribution in [2.45, 2.75) is 12.8 Å². The van der Waals surface area contributed by atoms with Crippen LogP contribution in [-0.4, -0.2) is 20.9 Å². The lowest BCUT2D eigenvalue weighted by atomic mass is 9.88. The predicted octanol–water partition coefficient (Wildman–Crippen LogP) is 5.77. The second kappa shape index (κ2) is 6.18. The van der Waals surface area contributed by atoms with E-state index in [0.29, 0.717) is 4.77 Å². The number of carbonyl (C=O) groups is 1. The molecule has 0 aliphatic carbocycles. The summed E-state index contributed by atoms with van der Waals surface area (Å²) in [5.74, 6) is -0.390. The van der Waals surface area contributed by atoms with E-state index in [1.807, 2.05) is 30.3 Å². The van der Waals surface area contributed by atoms with Crippen molar-refractivity contribution in [3.05, 3.63) is 82.1 Å². The number of hydrogen-bond acceptors (Lipinski definition) is 2. The Hall–Kier alpha value is -3.64. The van der Waals surface area contributed by atoms with Crippen molar-refractivity contribution in [3.63, 3.8) is 0 Å². The summed E-state index contributed by atoms with van der Waals surface area (Å²) >= 11 is 5.27. The van der Waals surface area contributed by atoms with Gasteiger partial charge in [0.15, 0.2) is 4.77 Å². The lowest BCUT2D eigenvalue weighted by Crippen LogP contribution is -2.13. The van der Waals surface area contributed by atoms with Gasteiger partial charge in [-0.25, -0.2) is 0 Å². The van der Waals surface area contributed by atoms with Crippen LogP contribution in [0, 0.1) is 11.7 Å². The quantitative estimate of drug-likeness (QED) is 0.279. The van der Waals surface area contributed by atoms with E-state index in [1.165, 1.54) is 0 Å². The number of benzene rings is 3. The predicted molar refractivity (Wildman–Crippen MR) is 122 cm³/mol. The zero-order valence-electron chi connectivity index (χ0n) is 16.2. The van der Waals surface area contributed by atoms with E-state index < -0.39 is 0 Å². The Morgan fingerprint density at radius 3 is 2.43 bits per heavy atom. The molecule has 2 aromatic heterocycles. The average Bonchev–Trinajstić information content (AvgIpc) is 3.37. The van der Waals surface area contributed by atoms with Crippen molar-refractivity contribution in [1.82, 2.24) is 15.0 Å². The van der Waals surface area contributed by atoms with E-state index in [9.17, 15) is 4.79 Å². The highest BCUT2D eigenvalue weighted by molar-refractivity contribution is 7.71. The number of imidazole rings is 1. The normalized spacial score (nSPS) is 15.6. The molecular weight excluding hydrogens is 392 g/mol. The molecule has 146 valence electrons. The second-order valence-corrected chi connectivity index (χ2v) is 8.22. The van der Waals surface area contributed by atoms with Crippen molar-refractivity contribution in [2.24, 2.45) is 0 Å². The van der Waals surface area contributed by atoms with Crippen molar-refractivity contribution >= 4 is 45.7 Å². The van der Waals surface area contributed by atoms with E-state index in [-0.39, 0.29) is 11.8 Å². The molecule has 4 N–H and O–H groups in total. The van der Waals surface area contributed by atoms with E-state index in [2.05, 4.69) is 57.5 Å². The molecule has 3 aromatic carbocycles. The summed E-state index contributed by atoms with van der Waals surface area (Å²) in [5.41, 5.74) is 8.86. The Morgan fingerprint density at radius 1 is 0.867 bits per heavy atom. The van der Waals surface area contributed by atoms with Crippen LogP contribution < -0.4 is 5.32 Å². The van der Waals surface area contributed by atoms with Gasteiger partial charge in [0.2, 0.25) is 5.91 Å². The fourth-order valence-corrected chi connectivity index (χ4v) is 4.77. The lowest BCUT2D eigenvalue weighted by Gasteiger charge is -2.12.